The lowest BCUT2D eigenvalue weighted by Gasteiger charge is -2.36. The molecule has 0 saturated carbocycles. The molecule has 1 N–H and O–H groups in total. The van der Waals surface area contributed by atoms with Gasteiger partial charge in [0.05, 0.1) is 12.2 Å². The maximum atomic E-state index is 14.8. The van der Waals surface area contributed by atoms with Crippen molar-refractivity contribution in [2.24, 2.45) is 14.1 Å². The van der Waals surface area contributed by atoms with Crippen LogP contribution in [0.5, 0.6) is 0 Å². The van der Waals surface area contributed by atoms with Crippen molar-refractivity contribution in [1.82, 2.24) is 24.0 Å². The van der Waals surface area contributed by atoms with Crippen LogP contribution in [0, 0.1) is 5.82 Å². The Morgan fingerprint density at radius 1 is 1.18 bits per heavy atom. The van der Waals surface area contributed by atoms with Gasteiger partial charge in [-0.15, -0.1) is 0 Å². The fourth-order valence-corrected chi connectivity index (χ4v) is 3.64. The van der Waals surface area contributed by atoms with Crippen LogP contribution in [-0.4, -0.2) is 56.7 Å². The molecule has 14 heteroatoms. The monoisotopic (exact) mass is 470 g/mol. The number of alkyl halides is 3. The third kappa shape index (κ3) is 3.75. The molecule has 1 atom stereocenters. The van der Waals surface area contributed by atoms with Crippen molar-refractivity contribution in [2.45, 2.75) is 12.4 Å². The molecule has 1 aliphatic rings. The number of nitrogens with zero attached hydrogens (tertiary/aromatic N) is 5. The van der Waals surface area contributed by atoms with E-state index in [1.165, 1.54) is 37.2 Å². The Morgan fingerprint density at radius 2 is 1.88 bits per heavy atom. The number of rotatable bonds is 3. The summed E-state index contributed by atoms with van der Waals surface area (Å²) < 4.78 is 60.9. The molecule has 3 aromatic rings. The number of carbonyl (C=O) groups is 1. The minimum absolute atomic E-state index is 0.0157. The Hall–Kier alpha value is -3.68. The second-order valence-corrected chi connectivity index (χ2v) is 7.33. The molecule has 1 saturated heterocycles. The maximum Gasteiger partial charge on any atom is 0.491 e. The maximum absolute atomic E-state index is 14.8. The van der Waals surface area contributed by atoms with Crippen molar-refractivity contribution < 1.29 is 27.1 Å². The van der Waals surface area contributed by atoms with E-state index in [-0.39, 0.29) is 42.4 Å². The fraction of sp³-hybridized carbons (Fsp3) is 0.368. The Balaban J connectivity index is 2.00. The predicted octanol–water partition coefficient (Wildman–Crippen LogP) is 0.403. The summed E-state index contributed by atoms with van der Waals surface area (Å²) in [6.45, 7) is 0.110. The molecule has 176 valence electrons. The highest BCUT2D eigenvalue weighted by molar-refractivity contribution is 5.79. The van der Waals surface area contributed by atoms with Crippen molar-refractivity contribution in [2.75, 3.05) is 24.5 Å². The molecule has 3 heterocycles. The highest BCUT2D eigenvalue weighted by Gasteiger charge is 2.44. The van der Waals surface area contributed by atoms with Crippen molar-refractivity contribution in [3.05, 3.63) is 50.9 Å². The van der Waals surface area contributed by atoms with E-state index in [4.69, 9.17) is 0 Å². The molecule has 0 aliphatic carbocycles. The lowest BCUT2D eigenvalue weighted by atomic mass is 10.3. The number of fused-ring (bicyclic) bond motifs is 1. The van der Waals surface area contributed by atoms with Gasteiger partial charge in [-0.3, -0.25) is 18.5 Å². The van der Waals surface area contributed by atoms with Crippen LogP contribution in [0.25, 0.3) is 16.9 Å². The number of nitrogens with one attached hydrogen (secondary N) is 1. The minimum Gasteiger partial charge on any atom is -0.433 e. The van der Waals surface area contributed by atoms with E-state index in [1.807, 2.05) is 0 Å². The van der Waals surface area contributed by atoms with E-state index in [0.717, 1.165) is 19.8 Å². The lowest BCUT2D eigenvalue weighted by molar-refractivity contribution is -0.205. The first-order valence-electron chi connectivity index (χ1n) is 9.71. The molecule has 0 spiro atoms. The van der Waals surface area contributed by atoms with Gasteiger partial charge in [-0.05, 0) is 12.1 Å². The van der Waals surface area contributed by atoms with Gasteiger partial charge in [-0.25, -0.2) is 14.0 Å². The molecule has 1 aromatic carbocycles. The third-order valence-corrected chi connectivity index (χ3v) is 5.26. The molecule has 10 nitrogen and oxygen atoms in total. The first kappa shape index (κ1) is 22.5. The molecule has 1 unspecified atom stereocenters. The summed E-state index contributed by atoms with van der Waals surface area (Å²) in [5, 5.41) is 2.82. The van der Waals surface area contributed by atoms with Crippen LogP contribution >= 0.6 is 0 Å². The van der Waals surface area contributed by atoms with Crippen LogP contribution in [0.4, 0.5) is 23.5 Å². The van der Waals surface area contributed by atoms with Gasteiger partial charge < -0.3 is 15.0 Å². The van der Waals surface area contributed by atoms with Crippen LogP contribution in [0.2, 0.25) is 0 Å². The van der Waals surface area contributed by atoms with E-state index in [9.17, 15) is 31.9 Å². The van der Waals surface area contributed by atoms with E-state index >= 15 is 0 Å². The van der Waals surface area contributed by atoms with E-state index in [1.54, 1.807) is 0 Å². The summed E-state index contributed by atoms with van der Waals surface area (Å²) in [7, 11) is 2.59. The number of aryl methyl sites for hydroxylation is 1. The predicted molar refractivity (Wildman–Crippen MR) is 108 cm³/mol. The van der Waals surface area contributed by atoms with Crippen LogP contribution < -0.4 is 21.5 Å². The summed E-state index contributed by atoms with van der Waals surface area (Å²) >= 11 is 0. The number of ether oxygens (including phenoxy) is 1. The number of benzene rings is 1. The number of esters is 1. The second kappa shape index (κ2) is 8.03. The van der Waals surface area contributed by atoms with Gasteiger partial charge in [0.25, 0.3) is 5.56 Å². The fourth-order valence-electron chi connectivity index (χ4n) is 3.64. The number of piperazine rings is 1. The van der Waals surface area contributed by atoms with Gasteiger partial charge in [-0.1, -0.05) is 12.1 Å². The van der Waals surface area contributed by atoms with Crippen molar-refractivity contribution in [3.63, 3.8) is 0 Å². The standard InChI is InChI=1S/C19H18F4N6O4/c1-26-14-13(15(30)27(2)18(26)32)29(11-6-4-3-5-10(11)20)17(25-14)28-8-7-24-9-12(28)33-16(31)19(21,22)23/h3-6,12,24H,7-9H2,1-2H3. The number of para-hydroxylation sites is 1. The average Bonchev–Trinajstić information content (AvgIpc) is 3.16. The van der Waals surface area contributed by atoms with E-state index in [2.05, 4.69) is 15.0 Å². The summed E-state index contributed by atoms with van der Waals surface area (Å²) in [6, 6.07) is 5.41. The number of aromatic nitrogens is 4. The molecule has 33 heavy (non-hydrogen) atoms. The lowest BCUT2D eigenvalue weighted by Crippen LogP contribution is -2.55. The summed E-state index contributed by atoms with van der Waals surface area (Å²) in [5.74, 6) is -3.30. The quantitative estimate of drug-likeness (QED) is 0.437. The van der Waals surface area contributed by atoms with Crippen molar-refractivity contribution in [3.8, 4) is 5.69 Å². The van der Waals surface area contributed by atoms with Crippen molar-refractivity contribution >= 4 is 23.1 Å². The SMILES string of the molecule is Cn1c(=O)c2c(nc(N3CCNCC3OC(=O)C(F)(F)F)n2-c2ccccc2F)n(C)c1=O. The van der Waals surface area contributed by atoms with Gasteiger partial charge in [0, 0.05) is 27.2 Å². The normalized spacial score (nSPS) is 16.9. The van der Waals surface area contributed by atoms with Crippen LogP contribution in [-0.2, 0) is 23.6 Å². The number of halogens is 4. The zero-order valence-electron chi connectivity index (χ0n) is 17.4. The zero-order chi connectivity index (χ0) is 24.1. The number of imidazole rings is 1. The third-order valence-electron chi connectivity index (χ3n) is 5.26. The van der Waals surface area contributed by atoms with Crippen LogP contribution in [0.15, 0.2) is 33.9 Å². The Morgan fingerprint density at radius 3 is 2.55 bits per heavy atom. The smallest absolute Gasteiger partial charge is 0.433 e. The van der Waals surface area contributed by atoms with Gasteiger partial charge >= 0.3 is 17.8 Å². The van der Waals surface area contributed by atoms with Gasteiger partial charge in [0.15, 0.2) is 17.4 Å². The van der Waals surface area contributed by atoms with Gasteiger partial charge in [0.1, 0.15) is 5.82 Å². The van der Waals surface area contributed by atoms with Gasteiger partial charge in [0.2, 0.25) is 5.95 Å². The number of hydrogen-bond acceptors (Lipinski definition) is 7. The number of carbonyl (C=O) groups excluding carboxylic acids is 1. The second-order valence-electron chi connectivity index (χ2n) is 7.33. The number of anilines is 1. The molecular formula is C19H18F4N6O4. The summed E-state index contributed by atoms with van der Waals surface area (Å²) in [5.41, 5.74) is -1.88. The minimum atomic E-state index is -5.23. The summed E-state index contributed by atoms with van der Waals surface area (Å²) in [6.07, 6.45) is -6.69. The molecule has 2 aromatic heterocycles. The highest BCUT2D eigenvalue weighted by atomic mass is 19.4. The summed E-state index contributed by atoms with van der Waals surface area (Å²) in [4.78, 5) is 42.4. The molecule has 1 fully saturated rings. The molecule has 4 rings (SSSR count). The largest absolute Gasteiger partial charge is 0.491 e. The molecule has 1 aliphatic heterocycles. The van der Waals surface area contributed by atoms with Crippen molar-refractivity contribution in [1.29, 1.82) is 0 Å². The number of hydrogen-bond donors (Lipinski definition) is 1. The Kier molecular flexibility index (Phi) is 5.47. The topological polar surface area (TPSA) is 103 Å². The van der Waals surface area contributed by atoms with Crippen LogP contribution in [0.1, 0.15) is 0 Å². The van der Waals surface area contributed by atoms with Gasteiger partial charge in [-0.2, -0.15) is 18.2 Å². The van der Waals surface area contributed by atoms with Crippen LogP contribution in [0.3, 0.4) is 0 Å². The highest BCUT2D eigenvalue weighted by Crippen LogP contribution is 2.29. The molecule has 0 amide bonds. The first-order chi connectivity index (χ1) is 15.5. The zero-order valence-corrected chi connectivity index (χ0v) is 17.4. The Labute approximate surface area is 182 Å². The average molecular weight is 470 g/mol. The Bertz CT molecular complexity index is 1360. The molecule has 0 bridgehead atoms. The first-order valence-corrected chi connectivity index (χ1v) is 9.71. The van der Waals surface area contributed by atoms with E-state index in [0.29, 0.717) is 0 Å². The molecular weight excluding hydrogens is 452 g/mol. The molecule has 0 radical (unpaired) electrons. The van der Waals surface area contributed by atoms with E-state index < -0.39 is 35.4 Å².